The lowest BCUT2D eigenvalue weighted by Crippen LogP contribution is -2.27. The van der Waals surface area contributed by atoms with Gasteiger partial charge in [0.1, 0.15) is 11.4 Å². The van der Waals surface area contributed by atoms with E-state index in [2.05, 4.69) is 10.3 Å². The molecule has 0 aromatic carbocycles. The molecule has 0 saturated carbocycles. The van der Waals surface area contributed by atoms with Crippen molar-refractivity contribution in [3.8, 4) is 0 Å². The fourth-order valence-electron chi connectivity index (χ4n) is 1.02. The van der Waals surface area contributed by atoms with Crippen LogP contribution in [0.3, 0.4) is 0 Å². The Morgan fingerprint density at radius 1 is 1.35 bits per heavy atom. The Hall–Kier alpha value is -2.11. The molecule has 1 aromatic heterocycles. The van der Waals surface area contributed by atoms with E-state index < -0.39 is 17.6 Å². The molecule has 0 atom stereocenters. The maximum absolute atomic E-state index is 11.4. The van der Waals surface area contributed by atoms with E-state index in [1.807, 2.05) is 0 Å². The second-order valence-corrected chi connectivity index (χ2v) is 4.42. The molecular formula is C11H15N3O3. The van der Waals surface area contributed by atoms with Crippen molar-refractivity contribution in [1.29, 1.82) is 0 Å². The van der Waals surface area contributed by atoms with E-state index in [0.717, 1.165) is 0 Å². The van der Waals surface area contributed by atoms with E-state index in [-0.39, 0.29) is 5.56 Å². The largest absolute Gasteiger partial charge is 0.444 e. The van der Waals surface area contributed by atoms with Gasteiger partial charge in [-0.15, -0.1) is 0 Å². The SMILES string of the molecule is CC(C)(C)OC(=O)Nc1ccc(C(N)=O)cn1. The number of nitrogens with zero attached hydrogens (tertiary/aromatic N) is 1. The van der Waals surface area contributed by atoms with E-state index in [1.165, 1.54) is 18.3 Å². The normalized spacial score (nSPS) is 10.8. The molecule has 0 spiro atoms. The lowest BCUT2D eigenvalue weighted by Gasteiger charge is -2.19. The third-order valence-corrected chi connectivity index (χ3v) is 1.68. The monoisotopic (exact) mass is 237 g/mol. The lowest BCUT2D eigenvalue weighted by atomic mass is 10.2. The van der Waals surface area contributed by atoms with Gasteiger partial charge in [-0.3, -0.25) is 10.1 Å². The van der Waals surface area contributed by atoms with Gasteiger partial charge in [0.15, 0.2) is 0 Å². The van der Waals surface area contributed by atoms with Crippen LogP contribution >= 0.6 is 0 Å². The Labute approximate surface area is 99.2 Å². The summed E-state index contributed by atoms with van der Waals surface area (Å²) in [4.78, 5) is 26.0. The molecule has 0 radical (unpaired) electrons. The van der Waals surface area contributed by atoms with Crippen LogP contribution in [-0.2, 0) is 4.74 Å². The Morgan fingerprint density at radius 2 is 2.00 bits per heavy atom. The summed E-state index contributed by atoms with van der Waals surface area (Å²) < 4.78 is 5.04. The Balaban J connectivity index is 2.64. The number of pyridine rings is 1. The van der Waals surface area contributed by atoms with Crippen LogP contribution in [0.25, 0.3) is 0 Å². The average Bonchev–Trinajstić information content (AvgIpc) is 2.15. The van der Waals surface area contributed by atoms with E-state index in [9.17, 15) is 9.59 Å². The number of aromatic nitrogens is 1. The first-order chi connectivity index (χ1) is 7.78. The van der Waals surface area contributed by atoms with Crippen molar-refractivity contribution >= 4 is 17.8 Å². The number of nitrogens with one attached hydrogen (secondary N) is 1. The van der Waals surface area contributed by atoms with E-state index in [1.54, 1.807) is 20.8 Å². The number of hydrogen-bond acceptors (Lipinski definition) is 4. The van der Waals surface area contributed by atoms with Crippen LogP contribution in [0.2, 0.25) is 0 Å². The predicted molar refractivity (Wildman–Crippen MR) is 62.6 cm³/mol. The van der Waals surface area contributed by atoms with Gasteiger partial charge in [0.25, 0.3) is 0 Å². The van der Waals surface area contributed by atoms with Crippen LogP contribution in [-0.4, -0.2) is 22.6 Å². The zero-order chi connectivity index (χ0) is 13.1. The van der Waals surface area contributed by atoms with Gasteiger partial charge >= 0.3 is 6.09 Å². The number of amides is 2. The maximum atomic E-state index is 11.4. The van der Waals surface area contributed by atoms with E-state index in [4.69, 9.17) is 10.5 Å². The summed E-state index contributed by atoms with van der Waals surface area (Å²) >= 11 is 0. The van der Waals surface area contributed by atoms with E-state index in [0.29, 0.717) is 5.82 Å². The number of hydrogen-bond donors (Lipinski definition) is 2. The van der Waals surface area contributed by atoms with Crippen LogP contribution in [0.1, 0.15) is 31.1 Å². The Bertz CT molecular complexity index is 421. The Morgan fingerprint density at radius 3 is 2.41 bits per heavy atom. The summed E-state index contributed by atoms with van der Waals surface area (Å²) in [6.07, 6.45) is 0.687. The second-order valence-electron chi connectivity index (χ2n) is 4.42. The van der Waals surface area contributed by atoms with Crippen LogP contribution in [0.4, 0.5) is 10.6 Å². The molecule has 92 valence electrons. The van der Waals surface area contributed by atoms with E-state index >= 15 is 0 Å². The van der Waals surface area contributed by atoms with Crippen LogP contribution in [0.5, 0.6) is 0 Å². The summed E-state index contributed by atoms with van der Waals surface area (Å²) in [5.41, 5.74) is 4.76. The number of carbonyl (C=O) groups excluding carboxylic acids is 2. The molecule has 0 aliphatic heterocycles. The quantitative estimate of drug-likeness (QED) is 0.815. The zero-order valence-electron chi connectivity index (χ0n) is 9.98. The summed E-state index contributed by atoms with van der Waals surface area (Å²) in [6, 6.07) is 2.95. The number of nitrogens with two attached hydrogens (primary N) is 1. The molecular weight excluding hydrogens is 222 g/mol. The topological polar surface area (TPSA) is 94.3 Å². The van der Waals surface area contributed by atoms with Gasteiger partial charge in [-0.05, 0) is 32.9 Å². The van der Waals surface area contributed by atoms with Gasteiger partial charge in [-0.2, -0.15) is 0 Å². The summed E-state index contributed by atoms with van der Waals surface area (Å²) in [6.45, 7) is 5.28. The average molecular weight is 237 g/mol. The van der Waals surface area contributed by atoms with Crippen molar-refractivity contribution < 1.29 is 14.3 Å². The predicted octanol–water partition coefficient (Wildman–Crippen LogP) is 1.53. The van der Waals surface area contributed by atoms with Gasteiger partial charge in [0.2, 0.25) is 5.91 Å². The minimum absolute atomic E-state index is 0.278. The molecule has 6 nitrogen and oxygen atoms in total. The highest BCUT2D eigenvalue weighted by Gasteiger charge is 2.16. The number of anilines is 1. The highest BCUT2D eigenvalue weighted by Crippen LogP contribution is 2.10. The van der Waals surface area contributed by atoms with Gasteiger partial charge in [-0.1, -0.05) is 0 Å². The van der Waals surface area contributed by atoms with Gasteiger partial charge < -0.3 is 10.5 Å². The zero-order valence-corrected chi connectivity index (χ0v) is 9.98. The molecule has 2 amide bonds. The minimum Gasteiger partial charge on any atom is -0.444 e. The van der Waals surface area contributed by atoms with Crippen molar-refractivity contribution in [2.45, 2.75) is 26.4 Å². The molecule has 0 aliphatic rings. The van der Waals surface area contributed by atoms with Gasteiger partial charge in [-0.25, -0.2) is 9.78 Å². The lowest BCUT2D eigenvalue weighted by molar-refractivity contribution is 0.0635. The van der Waals surface area contributed by atoms with Crippen LogP contribution in [0.15, 0.2) is 18.3 Å². The smallest absolute Gasteiger partial charge is 0.413 e. The summed E-state index contributed by atoms with van der Waals surface area (Å²) in [5, 5.41) is 2.44. The fraction of sp³-hybridized carbons (Fsp3) is 0.364. The molecule has 0 aliphatic carbocycles. The highest BCUT2D eigenvalue weighted by molar-refractivity contribution is 5.93. The molecule has 1 heterocycles. The maximum Gasteiger partial charge on any atom is 0.413 e. The molecule has 1 aromatic rings. The third-order valence-electron chi connectivity index (χ3n) is 1.68. The van der Waals surface area contributed by atoms with Crippen molar-refractivity contribution in [1.82, 2.24) is 4.98 Å². The number of rotatable bonds is 2. The Kier molecular flexibility index (Phi) is 3.67. The molecule has 3 N–H and O–H groups in total. The molecule has 0 unspecified atom stereocenters. The standard InChI is InChI=1S/C11H15N3O3/c1-11(2,3)17-10(16)14-8-5-4-7(6-13-8)9(12)15/h4-6H,1-3H3,(H2,12,15)(H,13,14,16). The van der Waals surface area contributed by atoms with Gasteiger partial charge in [0, 0.05) is 6.20 Å². The van der Waals surface area contributed by atoms with Crippen molar-refractivity contribution in [3.63, 3.8) is 0 Å². The number of primary amides is 1. The molecule has 0 saturated heterocycles. The van der Waals surface area contributed by atoms with Gasteiger partial charge in [0.05, 0.1) is 5.56 Å². The van der Waals surface area contributed by atoms with Crippen molar-refractivity contribution in [2.24, 2.45) is 5.73 Å². The molecule has 0 fully saturated rings. The third kappa shape index (κ3) is 4.50. The number of ether oxygens (including phenoxy) is 1. The van der Waals surface area contributed by atoms with Crippen LogP contribution in [0, 0.1) is 0 Å². The summed E-state index contributed by atoms with van der Waals surface area (Å²) in [5.74, 6) is -0.273. The molecule has 1 rings (SSSR count). The fourth-order valence-corrected chi connectivity index (χ4v) is 1.02. The number of carbonyl (C=O) groups is 2. The van der Waals surface area contributed by atoms with Crippen LogP contribution < -0.4 is 11.1 Å². The first kappa shape index (κ1) is 13.0. The minimum atomic E-state index is -0.600. The van der Waals surface area contributed by atoms with Crippen molar-refractivity contribution in [3.05, 3.63) is 23.9 Å². The summed E-state index contributed by atoms with van der Waals surface area (Å²) in [7, 11) is 0. The first-order valence-electron chi connectivity index (χ1n) is 5.04. The second kappa shape index (κ2) is 4.82. The van der Waals surface area contributed by atoms with Crippen molar-refractivity contribution in [2.75, 3.05) is 5.32 Å². The molecule has 6 heteroatoms. The molecule has 0 bridgehead atoms. The first-order valence-corrected chi connectivity index (χ1v) is 5.04. The molecule has 17 heavy (non-hydrogen) atoms. The highest BCUT2D eigenvalue weighted by atomic mass is 16.6.